The first kappa shape index (κ1) is 29.6. The third kappa shape index (κ3) is 4.54. The van der Waals surface area contributed by atoms with E-state index in [0.717, 1.165) is 5.52 Å². The van der Waals surface area contributed by atoms with E-state index in [2.05, 4.69) is 159 Å². The van der Waals surface area contributed by atoms with Crippen molar-refractivity contribution in [2.24, 2.45) is 0 Å². The van der Waals surface area contributed by atoms with E-state index in [1.807, 2.05) is 12.3 Å². The Morgan fingerprint density at radius 2 is 1.06 bits per heavy atom. The van der Waals surface area contributed by atoms with Crippen molar-refractivity contribution in [1.82, 2.24) is 4.98 Å². The van der Waals surface area contributed by atoms with Crippen LogP contribution in [0.4, 0.5) is 0 Å². The van der Waals surface area contributed by atoms with E-state index >= 15 is 0 Å². The Morgan fingerprint density at radius 1 is 0.489 bits per heavy atom. The smallest absolute Gasteiger partial charge is 0.0783 e. The molecule has 1 aromatic heterocycles. The van der Waals surface area contributed by atoms with Crippen LogP contribution in [-0.4, -0.2) is 4.98 Å². The van der Waals surface area contributed by atoms with Gasteiger partial charge in [0.2, 0.25) is 0 Å². The van der Waals surface area contributed by atoms with Gasteiger partial charge in [0.15, 0.2) is 0 Å². The second-order valence-electron chi connectivity index (χ2n) is 16.1. The molecule has 0 unspecified atom stereocenters. The average Bonchev–Trinajstić information content (AvgIpc) is 3.27. The lowest BCUT2D eigenvalue weighted by Crippen LogP contribution is -2.18. The number of benzene rings is 6. The van der Waals surface area contributed by atoms with Crippen LogP contribution in [0.25, 0.3) is 65.8 Å². The van der Waals surface area contributed by atoms with Gasteiger partial charge in [-0.2, -0.15) is 0 Å². The summed E-state index contributed by atoms with van der Waals surface area (Å²) in [6.07, 6.45) is 1.94. The first-order valence-electron chi connectivity index (χ1n) is 17.0. The number of rotatable bonds is 2. The standard InChI is InChI=1S/C46H43N/c1-44(2,3)41-36-23-16-29-15-12-24-47-43(29)40(36)42(45(4,5)6)35-22-19-30(25-37(35)41)32-18-21-34-33-20-17-31(28-13-10-9-11-14-28)26-38(33)46(7,8)39(34)27-32/h9-27H,1-8H3. The molecule has 6 aromatic carbocycles. The molecule has 0 fully saturated rings. The fourth-order valence-corrected chi connectivity index (χ4v) is 8.35. The topological polar surface area (TPSA) is 12.9 Å². The molecule has 1 nitrogen and oxygen atoms in total. The molecule has 1 aliphatic rings. The van der Waals surface area contributed by atoms with E-state index in [1.165, 1.54) is 82.6 Å². The van der Waals surface area contributed by atoms with Crippen LogP contribution in [-0.2, 0) is 16.2 Å². The molecule has 0 N–H and O–H groups in total. The third-order valence-corrected chi connectivity index (χ3v) is 10.5. The fourth-order valence-electron chi connectivity index (χ4n) is 8.35. The summed E-state index contributed by atoms with van der Waals surface area (Å²) in [7, 11) is 0. The maximum Gasteiger partial charge on any atom is 0.0783 e. The number of nitrogens with zero attached hydrogens (tertiary/aromatic N) is 1. The van der Waals surface area contributed by atoms with Gasteiger partial charge in [0.05, 0.1) is 5.52 Å². The Labute approximate surface area is 279 Å². The molecule has 232 valence electrons. The number of hydrogen-bond donors (Lipinski definition) is 0. The lowest BCUT2D eigenvalue weighted by molar-refractivity contribution is 0.593. The summed E-state index contributed by atoms with van der Waals surface area (Å²) in [5, 5.41) is 6.49. The van der Waals surface area contributed by atoms with Crippen molar-refractivity contribution in [2.45, 2.75) is 71.6 Å². The first-order valence-corrected chi connectivity index (χ1v) is 17.0. The van der Waals surface area contributed by atoms with E-state index in [-0.39, 0.29) is 16.2 Å². The maximum atomic E-state index is 4.97. The van der Waals surface area contributed by atoms with Crippen LogP contribution in [0.2, 0.25) is 0 Å². The van der Waals surface area contributed by atoms with E-state index < -0.39 is 0 Å². The minimum atomic E-state index is -0.0947. The number of fused-ring (bicyclic) bond motifs is 7. The SMILES string of the molecule is CC(C)(C)c1c2cc(-c3ccc4c(c3)C(C)(C)c3cc(-c5ccccc5)ccc3-4)ccc2c(C(C)(C)C)c2c1ccc1cccnc12. The highest BCUT2D eigenvalue weighted by Gasteiger charge is 2.36. The van der Waals surface area contributed by atoms with Crippen LogP contribution in [0.15, 0.2) is 115 Å². The third-order valence-electron chi connectivity index (χ3n) is 10.5. The molecule has 7 aromatic rings. The molecule has 1 heterocycles. The zero-order chi connectivity index (χ0) is 32.9. The molecule has 0 atom stereocenters. The Balaban J connectivity index is 1.35. The molecular formula is C46H43N. The van der Waals surface area contributed by atoms with Crippen molar-refractivity contribution in [3.63, 3.8) is 0 Å². The molecule has 47 heavy (non-hydrogen) atoms. The minimum absolute atomic E-state index is 0.0635. The molecular weight excluding hydrogens is 567 g/mol. The van der Waals surface area contributed by atoms with Crippen LogP contribution >= 0.6 is 0 Å². The van der Waals surface area contributed by atoms with E-state index in [0.29, 0.717) is 0 Å². The number of hydrogen-bond acceptors (Lipinski definition) is 1. The molecule has 8 rings (SSSR count). The van der Waals surface area contributed by atoms with Crippen molar-refractivity contribution in [3.8, 4) is 33.4 Å². The highest BCUT2D eigenvalue weighted by molar-refractivity contribution is 6.17. The second kappa shape index (κ2) is 10.1. The van der Waals surface area contributed by atoms with E-state index in [9.17, 15) is 0 Å². The van der Waals surface area contributed by atoms with Gasteiger partial charge in [-0.15, -0.1) is 0 Å². The van der Waals surface area contributed by atoms with Gasteiger partial charge in [0, 0.05) is 22.4 Å². The predicted molar refractivity (Wildman–Crippen MR) is 203 cm³/mol. The molecule has 0 spiro atoms. The summed E-state index contributed by atoms with van der Waals surface area (Å²) in [6, 6.07) is 40.9. The Kier molecular flexibility index (Phi) is 6.38. The van der Waals surface area contributed by atoms with Gasteiger partial charge in [0.1, 0.15) is 0 Å². The molecule has 0 saturated carbocycles. The van der Waals surface area contributed by atoms with E-state index in [1.54, 1.807) is 0 Å². The molecule has 0 saturated heterocycles. The van der Waals surface area contributed by atoms with Gasteiger partial charge in [-0.1, -0.05) is 140 Å². The molecule has 0 radical (unpaired) electrons. The fraction of sp³-hybridized carbons (Fsp3) is 0.239. The van der Waals surface area contributed by atoms with Crippen LogP contribution < -0.4 is 0 Å². The largest absolute Gasteiger partial charge is 0.256 e. The normalized spacial score (nSPS) is 14.1. The van der Waals surface area contributed by atoms with Gasteiger partial charge in [-0.05, 0) is 107 Å². The summed E-state index contributed by atoms with van der Waals surface area (Å²) in [4.78, 5) is 4.97. The van der Waals surface area contributed by atoms with Crippen LogP contribution in [0.5, 0.6) is 0 Å². The van der Waals surface area contributed by atoms with Crippen LogP contribution in [0.3, 0.4) is 0 Å². The van der Waals surface area contributed by atoms with Crippen molar-refractivity contribution >= 4 is 32.4 Å². The van der Waals surface area contributed by atoms with Crippen molar-refractivity contribution in [2.75, 3.05) is 0 Å². The summed E-state index contributed by atoms with van der Waals surface area (Å²) >= 11 is 0. The lowest BCUT2D eigenvalue weighted by atomic mass is 9.73. The second-order valence-corrected chi connectivity index (χ2v) is 16.1. The van der Waals surface area contributed by atoms with Crippen molar-refractivity contribution in [3.05, 3.63) is 138 Å². The summed E-state index contributed by atoms with van der Waals surface area (Å²) in [5.41, 5.74) is 14.2. The predicted octanol–water partition coefficient (Wildman–Crippen LogP) is 12.8. The maximum absolute atomic E-state index is 4.97. The van der Waals surface area contributed by atoms with Gasteiger partial charge in [-0.3, -0.25) is 4.98 Å². The lowest BCUT2D eigenvalue weighted by Gasteiger charge is -2.31. The summed E-state index contributed by atoms with van der Waals surface area (Å²) in [5.74, 6) is 0. The Hall–Kier alpha value is -4.75. The van der Waals surface area contributed by atoms with Gasteiger partial charge in [0.25, 0.3) is 0 Å². The average molecular weight is 610 g/mol. The highest BCUT2D eigenvalue weighted by Crippen LogP contribution is 2.51. The highest BCUT2D eigenvalue weighted by atomic mass is 14.6. The number of aromatic nitrogens is 1. The molecule has 0 amide bonds. The van der Waals surface area contributed by atoms with Crippen molar-refractivity contribution < 1.29 is 0 Å². The quantitative estimate of drug-likeness (QED) is 0.140. The molecule has 1 aliphatic carbocycles. The van der Waals surface area contributed by atoms with Gasteiger partial charge >= 0.3 is 0 Å². The molecule has 0 bridgehead atoms. The number of pyridine rings is 1. The molecule has 1 heteroatoms. The Bertz CT molecular complexity index is 2380. The zero-order valence-electron chi connectivity index (χ0n) is 28.9. The van der Waals surface area contributed by atoms with Gasteiger partial charge in [-0.25, -0.2) is 0 Å². The minimum Gasteiger partial charge on any atom is -0.256 e. The monoisotopic (exact) mass is 609 g/mol. The first-order chi connectivity index (χ1) is 22.3. The van der Waals surface area contributed by atoms with Crippen LogP contribution in [0.1, 0.15) is 77.6 Å². The Morgan fingerprint density at radius 3 is 1.70 bits per heavy atom. The van der Waals surface area contributed by atoms with Crippen LogP contribution in [0, 0.1) is 0 Å². The molecule has 0 aliphatic heterocycles. The van der Waals surface area contributed by atoms with E-state index in [4.69, 9.17) is 4.98 Å². The van der Waals surface area contributed by atoms with Gasteiger partial charge < -0.3 is 0 Å². The zero-order valence-corrected chi connectivity index (χ0v) is 28.9. The summed E-state index contributed by atoms with van der Waals surface area (Å²) < 4.78 is 0. The van der Waals surface area contributed by atoms with Crippen molar-refractivity contribution in [1.29, 1.82) is 0 Å². The summed E-state index contributed by atoms with van der Waals surface area (Å²) in [6.45, 7) is 18.9.